The second kappa shape index (κ2) is 6.01. The third-order valence-corrected chi connectivity index (χ3v) is 3.99. The summed E-state index contributed by atoms with van der Waals surface area (Å²) >= 11 is 2.00. The fourth-order valence-corrected chi connectivity index (χ4v) is 2.46. The summed E-state index contributed by atoms with van der Waals surface area (Å²) in [6, 6.07) is 8.81. The predicted molar refractivity (Wildman–Crippen MR) is 85.8 cm³/mol. The summed E-state index contributed by atoms with van der Waals surface area (Å²) < 4.78 is 0.359. The van der Waals surface area contributed by atoms with Gasteiger partial charge in [0.1, 0.15) is 0 Å². The van der Waals surface area contributed by atoms with Crippen LogP contribution in [0.1, 0.15) is 47.1 Å². The van der Waals surface area contributed by atoms with Gasteiger partial charge in [0.2, 0.25) is 0 Å². The molecule has 0 aromatic heterocycles. The Morgan fingerprint density at radius 1 is 0.944 bits per heavy atom. The van der Waals surface area contributed by atoms with E-state index >= 15 is 0 Å². The first-order valence-corrected chi connectivity index (χ1v) is 7.65. The Morgan fingerprint density at radius 2 is 1.50 bits per heavy atom. The van der Waals surface area contributed by atoms with Crippen molar-refractivity contribution in [1.82, 2.24) is 0 Å². The molecule has 0 aliphatic rings. The maximum atomic E-state index is 3.48. The van der Waals surface area contributed by atoms with E-state index in [-0.39, 0.29) is 5.41 Å². The highest BCUT2D eigenvalue weighted by atomic mass is 32.2. The molecule has 1 N–H and O–H groups in total. The number of benzene rings is 1. The van der Waals surface area contributed by atoms with Crippen LogP contribution < -0.4 is 5.32 Å². The Kier molecular flexibility index (Phi) is 5.15. The van der Waals surface area contributed by atoms with Crippen molar-refractivity contribution in [3.05, 3.63) is 29.8 Å². The third kappa shape index (κ3) is 5.81. The number of rotatable bonds is 4. The van der Waals surface area contributed by atoms with Crippen LogP contribution in [0.25, 0.3) is 0 Å². The van der Waals surface area contributed by atoms with Crippen molar-refractivity contribution in [2.24, 2.45) is 0 Å². The van der Waals surface area contributed by atoms with Crippen LogP contribution in [0.5, 0.6) is 0 Å². The second-order valence-corrected chi connectivity index (χ2v) is 8.64. The standard InChI is InChI=1S/C16H27NS/c1-15(2,3)13-7-9-14(10-8-13)17-11-12-18-16(4,5)6/h7-10,17H,11-12H2,1-6H3. The highest BCUT2D eigenvalue weighted by molar-refractivity contribution is 8.00. The van der Waals surface area contributed by atoms with Gasteiger partial charge in [0.15, 0.2) is 0 Å². The summed E-state index contributed by atoms with van der Waals surface area (Å²) in [5.74, 6) is 1.14. The van der Waals surface area contributed by atoms with E-state index in [2.05, 4.69) is 71.1 Å². The highest BCUT2D eigenvalue weighted by Crippen LogP contribution is 2.24. The summed E-state index contributed by atoms with van der Waals surface area (Å²) in [5, 5.41) is 3.48. The van der Waals surface area contributed by atoms with Gasteiger partial charge in [-0.25, -0.2) is 0 Å². The van der Waals surface area contributed by atoms with Crippen LogP contribution in [-0.4, -0.2) is 17.0 Å². The molecule has 0 atom stereocenters. The van der Waals surface area contributed by atoms with E-state index < -0.39 is 0 Å². The molecule has 0 aliphatic heterocycles. The van der Waals surface area contributed by atoms with Gasteiger partial charge in [-0.1, -0.05) is 53.7 Å². The van der Waals surface area contributed by atoms with Crippen molar-refractivity contribution in [3.8, 4) is 0 Å². The quantitative estimate of drug-likeness (QED) is 0.775. The van der Waals surface area contributed by atoms with Gasteiger partial charge in [-0.2, -0.15) is 11.8 Å². The van der Waals surface area contributed by atoms with E-state index in [4.69, 9.17) is 0 Å². The van der Waals surface area contributed by atoms with E-state index in [1.165, 1.54) is 11.3 Å². The van der Waals surface area contributed by atoms with Crippen LogP contribution in [0.2, 0.25) is 0 Å². The zero-order valence-corrected chi connectivity index (χ0v) is 13.4. The third-order valence-electron chi connectivity index (χ3n) is 2.72. The molecule has 2 heteroatoms. The Hall–Kier alpha value is -0.630. The summed E-state index contributed by atoms with van der Waals surface area (Å²) in [7, 11) is 0. The molecule has 1 rings (SSSR count). The van der Waals surface area contributed by atoms with E-state index in [1.807, 2.05) is 11.8 Å². The molecular weight excluding hydrogens is 238 g/mol. The number of anilines is 1. The van der Waals surface area contributed by atoms with Crippen molar-refractivity contribution in [1.29, 1.82) is 0 Å². The first-order valence-electron chi connectivity index (χ1n) is 6.67. The molecule has 0 bridgehead atoms. The molecule has 1 nitrogen and oxygen atoms in total. The van der Waals surface area contributed by atoms with Crippen molar-refractivity contribution in [3.63, 3.8) is 0 Å². The lowest BCUT2D eigenvalue weighted by Gasteiger charge is -2.20. The molecule has 0 fully saturated rings. The average molecular weight is 265 g/mol. The molecule has 0 heterocycles. The number of nitrogens with one attached hydrogen (secondary N) is 1. The SMILES string of the molecule is CC(C)(C)SCCNc1ccc(C(C)(C)C)cc1. The van der Waals surface area contributed by atoms with Gasteiger partial charge in [0, 0.05) is 22.7 Å². The lowest BCUT2D eigenvalue weighted by atomic mass is 9.87. The minimum atomic E-state index is 0.237. The van der Waals surface area contributed by atoms with Crippen molar-refractivity contribution >= 4 is 17.4 Å². The number of hydrogen-bond acceptors (Lipinski definition) is 2. The van der Waals surface area contributed by atoms with Crippen molar-refractivity contribution < 1.29 is 0 Å². The minimum Gasteiger partial charge on any atom is -0.384 e. The fourth-order valence-electron chi connectivity index (χ4n) is 1.64. The van der Waals surface area contributed by atoms with Crippen LogP contribution in [0.4, 0.5) is 5.69 Å². The molecule has 0 amide bonds. The Morgan fingerprint density at radius 3 is 1.94 bits per heavy atom. The van der Waals surface area contributed by atoms with Crippen LogP contribution in [0.15, 0.2) is 24.3 Å². The summed E-state index contributed by atoms with van der Waals surface area (Å²) in [5.41, 5.74) is 2.84. The van der Waals surface area contributed by atoms with Crippen LogP contribution >= 0.6 is 11.8 Å². The lowest BCUT2D eigenvalue weighted by Crippen LogP contribution is -2.13. The van der Waals surface area contributed by atoms with Gasteiger partial charge in [-0.15, -0.1) is 0 Å². The maximum Gasteiger partial charge on any atom is 0.0340 e. The number of thioether (sulfide) groups is 1. The molecule has 102 valence electrons. The lowest BCUT2D eigenvalue weighted by molar-refractivity contribution is 0.590. The molecule has 1 aromatic rings. The monoisotopic (exact) mass is 265 g/mol. The van der Waals surface area contributed by atoms with Gasteiger partial charge in [0.25, 0.3) is 0 Å². The Balaban J connectivity index is 2.41. The Labute approximate surface area is 117 Å². The molecule has 0 radical (unpaired) electrons. The van der Waals surface area contributed by atoms with Gasteiger partial charge in [-0.3, -0.25) is 0 Å². The summed E-state index contributed by atoms with van der Waals surface area (Å²) in [6.07, 6.45) is 0. The predicted octanol–water partition coefficient (Wildman–Crippen LogP) is 4.93. The second-order valence-electron chi connectivity index (χ2n) is 6.71. The molecule has 0 spiro atoms. The minimum absolute atomic E-state index is 0.237. The molecule has 1 aromatic carbocycles. The van der Waals surface area contributed by atoms with Crippen LogP contribution in [0, 0.1) is 0 Å². The van der Waals surface area contributed by atoms with E-state index in [9.17, 15) is 0 Å². The van der Waals surface area contributed by atoms with Gasteiger partial charge in [0.05, 0.1) is 0 Å². The smallest absolute Gasteiger partial charge is 0.0340 e. The van der Waals surface area contributed by atoms with Gasteiger partial charge >= 0.3 is 0 Å². The fraction of sp³-hybridized carbons (Fsp3) is 0.625. The molecule has 0 saturated heterocycles. The molecule has 0 saturated carbocycles. The van der Waals surface area contributed by atoms with Gasteiger partial charge < -0.3 is 5.32 Å². The van der Waals surface area contributed by atoms with Crippen molar-refractivity contribution in [2.75, 3.05) is 17.6 Å². The summed E-state index contributed by atoms with van der Waals surface area (Å²) in [6.45, 7) is 14.5. The molecule has 0 aliphatic carbocycles. The van der Waals surface area contributed by atoms with E-state index in [0.29, 0.717) is 4.75 Å². The van der Waals surface area contributed by atoms with Gasteiger partial charge in [-0.05, 0) is 23.1 Å². The van der Waals surface area contributed by atoms with E-state index in [0.717, 1.165) is 12.3 Å². The van der Waals surface area contributed by atoms with E-state index in [1.54, 1.807) is 0 Å². The summed E-state index contributed by atoms with van der Waals surface area (Å²) in [4.78, 5) is 0. The highest BCUT2D eigenvalue weighted by Gasteiger charge is 2.13. The molecular formula is C16H27NS. The Bertz CT molecular complexity index is 354. The first kappa shape index (κ1) is 15.4. The number of hydrogen-bond donors (Lipinski definition) is 1. The topological polar surface area (TPSA) is 12.0 Å². The largest absolute Gasteiger partial charge is 0.384 e. The average Bonchev–Trinajstić information content (AvgIpc) is 2.22. The molecule has 18 heavy (non-hydrogen) atoms. The zero-order chi connectivity index (χ0) is 13.8. The first-order chi connectivity index (χ1) is 8.18. The maximum absolute atomic E-state index is 3.48. The van der Waals surface area contributed by atoms with Crippen LogP contribution in [0.3, 0.4) is 0 Å². The van der Waals surface area contributed by atoms with Crippen LogP contribution in [-0.2, 0) is 5.41 Å². The molecule has 0 unspecified atom stereocenters. The zero-order valence-electron chi connectivity index (χ0n) is 12.6. The normalized spacial score (nSPS) is 12.6. The van der Waals surface area contributed by atoms with Crippen molar-refractivity contribution in [2.45, 2.75) is 51.7 Å².